The monoisotopic (exact) mass is 301 g/mol. The number of rotatable bonds is 3. The molecule has 0 saturated heterocycles. The van der Waals surface area contributed by atoms with Crippen molar-refractivity contribution in [1.82, 2.24) is 4.98 Å². The minimum Gasteiger partial charge on any atom is -0.388 e. The van der Waals surface area contributed by atoms with Crippen LogP contribution in [0, 0.1) is 5.82 Å². The van der Waals surface area contributed by atoms with Crippen LogP contribution in [0.15, 0.2) is 54.9 Å². The third-order valence-electron chi connectivity index (χ3n) is 3.48. The number of pyridine rings is 1. The molecule has 1 N–H and O–H groups in total. The minimum absolute atomic E-state index is 0.155. The highest BCUT2D eigenvalue weighted by molar-refractivity contribution is 6.30. The first-order chi connectivity index (χ1) is 10.1. The summed E-state index contributed by atoms with van der Waals surface area (Å²) in [7, 11) is 0. The van der Waals surface area contributed by atoms with E-state index in [4.69, 9.17) is 11.6 Å². The molecule has 2 nitrogen and oxygen atoms in total. The van der Waals surface area contributed by atoms with E-state index in [2.05, 4.69) is 4.98 Å². The van der Waals surface area contributed by atoms with Gasteiger partial charge in [0.05, 0.1) is 6.10 Å². The summed E-state index contributed by atoms with van der Waals surface area (Å²) in [6.45, 7) is 0. The molecule has 0 bridgehead atoms. The van der Waals surface area contributed by atoms with Gasteiger partial charge in [0.2, 0.25) is 0 Å². The summed E-state index contributed by atoms with van der Waals surface area (Å²) in [5.74, 6) is -0.369. The maximum absolute atomic E-state index is 13.8. The molecule has 0 aliphatic rings. The van der Waals surface area contributed by atoms with Crippen molar-refractivity contribution in [2.75, 3.05) is 0 Å². The van der Waals surface area contributed by atoms with E-state index in [1.54, 1.807) is 18.5 Å². The molecule has 3 aromatic rings. The predicted octanol–water partition coefficient (Wildman–Crippen LogP) is 4.30. The van der Waals surface area contributed by atoms with Gasteiger partial charge in [-0.3, -0.25) is 4.98 Å². The number of aromatic nitrogens is 1. The van der Waals surface area contributed by atoms with E-state index >= 15 is 0 Å². The molecule has 0 amide bonds. The highest BCUT2D eigenvalue weighted by Gasteiger charge is 2.15. The first-order valence-electron chi connectivity index (χ1n) is 6.60. The molecule has 0 radical (unpaired) electrons. The summed E-state index contributed by atoms with van der Waals surface area (Å²) >= 11 is 5.88. The van der Waals surface area contributed by atoms with Crippen molar-refractivity contribution in [2.24, 2.45) is 0 Å². The maximum Gasteiger partial charge on any atom is 0.126 e. The molecule has 106 valence electrons. The number of hydrogen-bond donors (Lipinski definition) is 1. The molecule has 4 heteroatoms. The molecule has 1 unspecified atom stereocenters. The highest BCUT2D eigenvalue weighted by atomic mass is 35.5. The average Bonchev–Trinajstić information content (AvgIpc) is 2.50. The lowest BCUT2D eigenvalue weighted by molar-refractivity contribution is 0.178. The minimum atomic E-state index is -0.837. The van der Waals surface area contributed by atoms with Gasteiger partial charge in [0.25, 0.3) is 0 Å². The fourth-order valence-electron chi connectivity index (χ4n) is 2.42. The predicted molar refractivity (Wildman–Crippen MR) is 81.8 cm³/mol. The zero-order valence-corrected chi connectivity index (χ0v) is 11.9. The van der Waals surface area contributed by atoms with E-state index in [1.165, 1.54) is 12.1 Å². The zero-order valence-electron chi connectivity index (χ0n) is 11.1. The Morgan fingerprint density at radius 1 is 1.14 bits per heavy atom. The average molecular weight is 302 g/mol. The first-order valence-corrected chi connectivity index (χ1v) is 6.97. The molecule has 0 spiro atoms. The summed E-state index contributed by atoms with van der Waals surface area (Å²) in [4.78, 5) is 4.14. The summed E-state index contributed by atoms with van der Waals surface area (Å²) in [5, 5.41) is 12.8. The van der Waals surface area contributed by atoms with E-state index in [9.17, 15) is 9.50 Å². The van der Waals surface area contributed by atoms with Crippen molar-refractivity contribution in [3.8, 4) is 0 Å². The van der Waals surface area contributed by atoms with Gasteiger partial charge in [0.1, 0.15) is 5.82 Å². The van der Waals surface area contributed by atoms with Crippen LogP contribution in [0.2, 0.25) is 5.02 Å². The third kappa shape index (κ3) is 2.89. The van der Waals surface area contributed by atoms with Gasteiger partial charge in [0, 0.05) is 34.8 Å². The standard InChI is InChI=1S/C17H13ClFNO/c18-13-5-6-16(19)12(7-13)8-17(21)15-10-20-9-11-3-1-2-4-14(11)15/h1-7,9-10,17,21H,8H2. The molecular weight excluding hydrogens is 289 g/mol. The topological polar surface area (TPSA) is 33.1 Å². The van der Waals surface area contributed by atoms with E-state index in [0.29, 0.717) is 16.1 Å². The third-order valence-corrected chi connectivity index (χ3v) is 3.71. The molecule has 0 aliphatic heterocycles. The Bertz CT molecular complexity index is 785. The molecule has 1 atom stereocenters. The number of aliphatic hydroxyl groups is 1. The number of halogens is 2. The Labute approximate surface area is 126 Å². The van der Waals surface area contributed by atoms with Crippen LogP contribution in [0.5, 0.6) is 0 Å². The number of benzene rings is 2. The Morgan fingerprint density at radius 3 is 2.81 bits per heavy atom. The van der Waals surface area contributed by atoms with Crippen LogP contribution in [0.1, 0.15) is 17.2 Å². The molecule has 3 rings (SSSR count). The molecular formula is C17H13ClFNO. The van der Waals surface area contributed by atoms with Gasteiger partial charge in [-0.15, -0.1) is 0 Å². The second-order valence-electron chi connectivity index (χ2n) is 4.91. The van der Waals surface area contributed by atoms with Gasteiger partial charge in [-0.05, 0) is 29.1 Å². The van der Waals surface area contributed by atoms with E-state index in [-0.39, 0.29) is 12.2 Å². The van der Waals surface area contributed by atoms with Crippen molar-refractivity contribution < 1.29 is 9.50 Å². The molecule has 2 aromatic carbocycles. The molecule has 1 heterocycles. The van der Waals surface area contributed by atoms with E-state index < -0.39 is 6.10 Å². The second kappa shape index (κ2) is 5.80. The molecule has 0 fully saturated rings. The summed E-state index contributed by atoms with van der Waals surface area (Å²) in [6.07, 6.45) is 2.68. The smallest absolute Gasteiger partial charge is 0.126 e. The van der Waals surface area contributed by atoms with Crippen LogP contribution in [0.25, 0.3) is 10.8 Å². The Morgan fingerprint density at radius 2 is 1.95 bits per heavy atom. The summed E-state index contributed by atoms with van der Waals surface area (Å²) in [6, 6.07) is 12.0. The lowest BCUT2D eigenvalue weighted by Crippen LogP contribution is -2.05. The highest BCUT2D eigenvalue weighted by Crippen LogP contribution is 2.27. The Hall–Kier alpha value is -1.97. The SMILES string of the molecule is OC(Cc1cc(Cl)ccc1F)c1cncc2ccccc12. The molecule has 0 saturated carbocycles. The Kier molecular flexibility index (Phi) is 3.86. The zero-order chi connectivity index (χ0) is 14.8. The number of fused-ring (bicyclic) bond motifs is 1. The van der Waals surface area contributed by atoms with Gasteiger partial charge >= 0.3 is 0 Å². The summed E-state index contributed by atoms with van der Waals surface area (Å²) in [5.41, 5.74) is 1.08. The molecule has 21 heavy (non-hydrogen) atoms. The van der Waals surface area contributed by atoms with Crippen LogP contribution in [-0.2, 0) is 6.42 Å². The maximum atomic E-state index is 13.8. The fourth-order valence-corrected chi connectivity index (χ4v) is 2.62. The van der Waals surface area contributed by atoms with E-state index in [0.717, 1.165) is 10.8 Å². The first kappa shape index (κ1) is 14.0. The number of hydrogen-bond acceptors (Lipinski definition) is 2. The lowest BCUT2D eigenvalue weighted by atomic mass is 9.98. The van der Waals surface area contributed by atoms with Gasteiger partial charge in [-0.2, -0.15) is 0 Å². The van der Waals surface area contributed by atoms with Crippen molar-refractivity contribution >= 4 is 22.4 Å². The van der Waals surface area contributed by atoms with Crippen molar-refractivity contribution in [3.05, 3.63) is 76.8 Å². The van der Waals surface area contributed by atoms with Gasteiger partial charge in [0.15, 0.2) is 0 Å². The van der Waals surface area contributed by atoms with Gasteiger partial charge in [-0.1, -0.05) is 35.9 Å². The second-order valence-corrected chi connectivity index (χ2v) is 5.34. The van der Waals surface area contributed by atoms with Crippen LogP contribution in [-0.4, -0.2) is 10.1 Å². The fraction of sp³-hybridized carbons (Fsp3) is 0.118. The number of aliphatic hydroxyl groups excluding tert-OH is 1. The van der Waals surface area contributed by atoms with Gasteiger partial charge in [-0.25, -0.2) is 4.39 Å². The van der Waals surface area contributed by atoms with Crippen molar-refractivity contribution in [2.45, 2.75) is 12.5 Å². The normalized spacial score (nSPS) is 12.5. The van der Waals surface area contributed by atoms with Gasteiger partial charge < -0.3 is 5.11 Å². The van der Waals surface area contributed by atoms with Crippen LogP contribution >= 0.6 is 11.6 Å². The van der Waals surface area contributed by atoms with Crippen LogP contribution in [0.3, 0.4) is 0 Å². The largest absolute Gasteiger partial charge is 0.388 e. The lowest BCUT2D eigenvalue weighted by Gasteiger charge is -2.14. The molecule has 0 aliphatic carbocycles. The van der Waals surface area contributed by atoms with Crippen molar-refractivity contribution in [3.63, 3.8) is 0 Å². The van der Waals surface area contributed by atoms with Crippen LogP contribution in [0.4, 0.5) is 4.39 Å². The van der Waals surface area contributed by atoms with Crippen molar-refractivity contribution in [1.29, 1.82) is 0 Å². The van der Waals surface area contributed by atoms with Crippen LogP contribution < -0.4 is 0 Å². The summed E-state index contributed by atoms with van der Waals surface area (Å²) < 4.78 is 13.8. The number of nitrogens with zero attached hydrogens (tertiary/aromatic N) is 1. The quantitative estimate of drug-likeness (QED) is 0.782. The van der Waals surface area contributed by atoms with E-state index in [1.807, 2.05) is 24.3 Å². The Balaban J connectivity index is 1.97. The molecule has 1 aromatic heterocycles.